The Kier molecular flexibility index (Phi) is 10.7. The molecule has 2 saturated heterocycles. The zero-order valence-corrected chi connectivity index (χ0v) is 35.9. The van der Waals surface area contributed by atoms with Gasteiger partial charge in [-0.05, 0) is 74.7 Å². The molecule has 6 heterocycles. The normalized spacial score (nSPS) is 26.9. The second-order valence-electron chi connectivity index (χ2n) is 14.4. The summed E-state index contributed by atoms with van der Waals surface area (Å²) in [7, 11) is 1.95. The minimum absolute atomic E-state index is 0. The van der Waals surface area contributed by atoms with Crippen LogP contribution in [0.5, 0.6) is 23.0 Å². The summed E-state index contributed by atoms with van der Waals surface area (Å²) in [4.78, 5) is 31.1. The fourth-order valence-electron chi connectivity index (χ4n) is 8.85. The molecule has 285 valence electrons. The molecule has 1 radical (unpaired) electrons. The van der Waals surface area contributed by atoms with E-state index in [1.54, 1.807) is 6.92 Å². The topological polar surface area (TPSA) is 145 Å². The molecule has 3 N–H and O–H groups in total. The number of likely N-dealkylation sites (N-methyl/N-ethyl adjacent to an activating group) is 1. The number of thioether (sulfide) groups is 1. The zero-order chi connectivity index (χ0) is 38.4. The van der Waals surface area contributed by atoms with Gasteiger partial charge in [0.15, 0.2) is 11.5 Å². The Bertz CT molecular complexity index is 2160. The van der Waals surface area contributed by atoms with Crippen LogP contribution in [-0.4, -0.2) is 82.3 Å². The molecule has 3 aromatic rings. The summed E-state index contributed by atoms with van der Waals surface area (Å²) in [5.41, 5.74) is 4.52. The number of phenols is 2. The van der Waals surface area contributed by atoms with Crippen LogP contribution in [0.4, 0.5) is 13.2 Å². The van der Waals surface area contributed by atoms with Crippen LogP contribution >= 0.6 is 11.8 Å². The number of ether oxygens (including phenoxy) is 3. The monoisotopic (exact) mass is 989 g/mol. The van der Waals surface area contributed by atoms with Crippen molar-refractivity contribution in [3.05, 3.63) is 86.5 Å². The Labute approximate surface area is 355 Å². The van der Waals surface area contributed by atoms with Crippen LogP contribution in [0.1, 0.15) is 67.4 Å². The molecule has 0 saturated carbocycles. The molecule has 6 aliphatic heterocycles. The van der Waals surface area contributed by atoms with Crippen molar-refractivity contribution in [1.29, 1.82) is 5.26 Å². The Morgan fingerprint density at radius 1 is 1.04 bits per heavy atom. The molecule has 1 unspecified atom stereocenters. The maximum atomic E-state index is 13.7. The molecule has 7 atom stereocenters. The van der Waals surface area contributed by atoms with Crippen molar-refractivity contribution in [3.63, 3.8) is 0 Å². The molecule has 0 aromatic heterocycles. The number of aryl methyl sites for hydroxylation is 1. The van der Waals surface area contributed by atoms with Crippen molar-refractivity contribution < 1.29 is 91.2 Å². The van der Waals surface area contributed by atoms with Gasteiger partial charge in [0.2, 0.25) is 12.7 Å². The van der Waals surface area contributed by atoms with Crippen molar-refractivity contribution in [2.45, 2.75) is 74.9 Å². The van der Waals surface area contributed by atoms with E-state index in [-0.39, 0.29) is 80.8 Å². The van der Waals surface area contributed by atoms with E-state index in [2.05, 4.69) is 27.3 Å². The van der Waals surface area contributed by atoms with Gasteiger partial charge in [-0.3, -0.25) is 14.6 Å². The number of nitrogens with zero attached hydrogens (tertiary/aromatic N) is 3. The molecule has 9 rings (SSSR count). The van der Waals surface area contributed by atoms with Crippen LogP contribution in [-0.2, 0) is 26.9 Å². The van der Waals surface area contributed by atoms with Crippen molar-refractivity contribution in [2.24, 2.45) is 0 Å². The predicted octanol–water partition coefficient (Wildman–Crippen LogP) is 5.53. The van der Waals surface area contributed by atoms with Gasteiger partial charge in [0, 0.05) is 90.2 Å². The molecule has 2 fully saturated rings. The summed E-state index contributed by atoms with van der Waals surface area (Å²) in [5, 5.41) is 36.8. The Morgan fingerprint density at radius 3 is 2.42 bits per heavy atom. The largest absolute Gasteiger partial charge is 0.507 e. The quantitative estimate of drug-likeness (QED) is 0.225. The van der Waals surface area contributed by atoms with Crippen LogP contribution < -0.4 is 14.8 Å². The molecule has 0 spiro atoms. The second-order valence-corrected chi connectivity index (χ2v) is 15.6. The number of fused-ring (bicyclic) bond motifs is 10. The minimum Gasteiger partial charge on any atom is -0.507 e. The van der Waals surface area contributed by atoms with Gasteiger partial charge in [0.25, 0.3) is 0 Å². The van der Waals surface area contributed by atoms with E-state index < -0.39 is 59.1 Å². The number of hydrogen-bond acceptors (Lipinski definition) is 11. The summed E-state index contributed by atoms with van der Waals surface area (Å²) in [6.45, 7) is 5.22. The number of alkyl halides is 3. The van der Waals surface area contributed by atoms with Gasteiger partial charge < -0.3 is 29.7 Å². The Morgan fingerprint density at radius 2 is 1.73 bits per heavy atom. The number of benzene rings is 3. The number of hydrogen-bond donors (Lipinski definition) is 3. The fourth-order valence-corrected chi connectivity index (χ4v) is 10.4. The maximum absolute atomic E-state index is 13.7. The van der Waals surface area contributed by atoms with Gasteiger partial charge in [-0.25, -0.2) is 4.79 Å². The average molecular weight is 990 g/mol. The number of phenolic OH excluding ortho intramolecular Hbond substituents is 2. The van der Waals surface area contributed by atoms with Crippen LogP contribution in [0, 0.1) is 76.2 Å². The summed E-state index contributed by atoms with van der Waals surface area (Å²) in [6, 6.07) is 5.06. The molecular formula is C39H37AcF3N4O7S. The maximum Gasteiger partial charge on any atom is 0.416 e. The van der Waals surface area contributed by atoms with Crippen molar-refractivity contribution in [1.82, 2.24) is 15.1 Å². The average Bonchev–Trinajstić information content (AvgIpc) is 3.63. The number of esters is 1. The number of piperazine rings is 1. The van der Waals surface area contributed by atoms with Crippen molar-refractivity contribution in [3.8, 4) is 29.1 Å². The van der Waals surface area contributed by atoms with E-state index in [0.29, 0.717) is 40.2 Å². The van der Waals surface area contributed by atoms with Gasteiger partial charge in [0.1, 0.15) is 30.2 Å². The van der Waals surface area contributed by atoms with Gasteiger partial charge in [-0.15, -0.1) is 11.8 Å². The first-order valence-corrected chi connectivity index (χ1v) is 18.6. The van der Waals surface area contributed by atoms with Crippen molar-refractivity contribution in [2.75, 3.05) is 26.2 Å². The van der Waals surface area contributed by atoms with E-state index in [0.717, 1.165) is 40.5 Å². The van der Waals surface area contributed by atoms with Gasteiger partial charge in [-0.2, -0.15) is 18.4 Å². The number of amides is 1. The second kappa shape index (κ2) is 14.8. The van der Waals surface area contributed by atoms with E-state index in [1.807, 2.05) is 20.9 Å². The molecule has 4 bridgehead atoms. The molecular weight excluding hydrogens is 953 g/mol. The van der Waals surface area contributed by atoms with Gasteiger partial charge in [0.05, 0.1) is 29.0 Å². The Hall–Kier alpha value is -3.47. The predicted molar refractivity (Wildman–Crippen MR) is 191 cm³/mol. The first-order chi connectivity index (χ1) is 25.7. The molecule has 1 amide bonds. The van der Waals surface area contributed by atoms with E-state index in [1.165, 1.54) is 30.0 Å². The van der Waals surface area contributed by atoms with E-state index in [4.69, 9.17) is 14.2 Å². The molecule has 6 aliphatic rings. The van der Waals surface area contributed by atoms with E-state index >= 15 is 0 Å². The first-order valence-electron chi connectivity index (χ1n) is 17.5. The fraction of sp³-hybridized carbons (Fsp3) is 0.410. The van der Waals surface area contributed by atoms with Gasteiger partial charge in [-0.1, -0.05) is 18.2 Å². The third kappa shape index (κ3) is 6.48. The van der Waals surface area contributed by atoms with Crippen LogP contribution in [0.25, 0.3) is 6.08 Å². The summed E-state index contributed by atoms with van der Waals surface area (Å²) < 4.78 is 56.9. The van der Waals surface area contributed by atoms with Crippen molar-refractivity contribution >= 4 is 29.7 Å². The number of nitriles is 1. The van der Waals surface area contributed by atoms with Crippen LogP contribution in [0.15, 0.2) is 36.4 Å². The number of aromatic hydroxyl groups is 2. The third-order valence-electron chi connectivity index (χ3n) is 11.6. The van der Waals surface area contributed by atoms with Crippen LogP contribution in [0.3, 0.4) is 0 Å². The zero-order valence-electron chi connectivity index (χ0n) is 30.3. The summed E-state index contributed by atoms with van der Waals surface area (Å²) in [6.07, 6.45) is -1.51. The summed E-state index contributed by atoms with van der Waals surface area (Å²) in [5.74, 6) is -0.424. The minimum atomic E-state index is -4.50. The molecule has 0 aliphatic carbocycles. The first kappa shape index (κ1) is 39.8. The Balaban J connectivity index is 0.00000465. The van der Waals surface area contributed by atoms with E-state index in [9.17, 15) is 38.2 Å². The standard InChI is InChI=1S/C39H37F3N4O7S.Ac/c1-17-11-21-12-24-25(13-43)46-26-14-51-38(50)23(44-27(47)10-7-20-5-8-22(9-6-20)39(40,41)42)15-54-37(32(46)31(45(24)4)28(21)33(48)18(17)2)30-29(26)36-35(52-16-53-36)19(3)34(30)49;/h5-11,23-26,31-32,37,48-49H,12,14-16H2,1-4H3,(H,44,47);/b10-7+;/t23-,24-,25-,26-,31+,32?,37+;/m0./s1. The van der Waals surface area contributed by atoms with Crippen LogP contribution in [0.2, 0.25) is 0 Å². The number of rotatable bonds is 3. The summed E-state index contributed by atoms with van der Waals surface area (Å²) >= 11 is 1.31. The molecule has 55 heavy (non-hydrogen) atoms. The smallest absolute Gasteiger partial charge is 0.416 e. The molecule has 11 nitrogen and oxygen atoms in total. The number of carbonyl (C=O) groups is 2. The number of halogens is 3. The molecule has 3 aromatic carbocycles. The molecule has 16 heteroatoms. The van der Waals surface area contributed by atoms with Gasteiger partial charge >= 0.3 is 12.1 Å². The SMILES string of the molecule is Cc1cc2c(c(O)c1C)[C@@H]1C3[C@@H]4SC[C@H](NC(=O)/C=C/c5ccc(C(F)(F)F)cc5)C(=O)OC[C@@H](c5c6c(c(C)c(O)c54)OCO6)N3[C@@H](C#N)[C@H](C2)N1C.[Ac]. The number of nitrogens with one attached hydrogen (secondary N) is 1. The number of carbonyl (C=O) groups excluding carboxylic acids is 2. The third-order valence-corrected chi connectivity index (χ3v) is 13.0.